The second-order valence-electron chi connectivity index (χ2n) is 5.13. The van der Waals surface area contributed by atoms with Gasteiger partial charge in [-0.15, -0.1) is 11.3 Å². The Morgan fingerprint density at radius 1 is 1.26 bits per heavy atom. The molecule has 2 heterocycles. The molecule has 3 rings (SSSR count). The third-order valence-corrected chi connectivity index (χ3v) is 4.52. The van der Waals surface area contributed by atoms with Crippen molar-refractivity contribution in [1.29, 1.82) is 0 Å². The second-order valence-corrected chi connectivity index (χ2v) is 6.13. The van der Waals surface area contributed by atoms with E-state index < -0.39 is 5.91 Å². The molecule has 0 radical (unpaired) electrons. The molecule has 4 N–H and O–H groups in total. The topological polar surface area (TPSA) is 82.0 Å². The van der Waals surface area contributed by atoms with Crippen molar-refractivity contribution in [2.24, 2.45) is 5.73 Å². The van der Waals surface area contributed by atoms with Gasteiger partial charge < -0.3 is 11.5 Å². The third kappa shape index (κ3) is 2.93. The number of fused-ring (bicyclic) bond motifs is 1. The van der Waals surface area contributed by atoms with E-state index in [2.05, 4.69) is 4.98 Å². The fraction of sp³-hybridized carbons (Fsp3) is 0.0588. The minimum atomic E-state index is -0.559. The number of carbonyl (C=O) groups excluding carboxylic acids is 1. The van der Waals surface area contributed by atoms with E-state index in [1.807, 2.05) is 25.1 Å². The van der Waals surface area contributed by atoms with E-state index in [0.717, 1.165) is 16.8 Å². The molecule has 3 aromatic rings. The molecule has 1 amide bonds. The van der Waals surface area contributed by atoms with Gasteiger partial charge in [0.05, 0.1) is 5.69 Å². The summed E-state index contributed by atoms with van der Waals surface area (Å²) in [5.74, 6) is -0.839. The minimum absolute atomic E-state index is 0.280. The Morgan fingerprint density at radius 2 is 1.96 bits per heavy atom. The molecular formula is C17H14FN3OS. The molecule has 0 saturated carbocycles. The Balaban J connectivity index is 2.12. The molecule has 0 saturated heterocycles. The predicted octanol–water partition coefficient (Wildman–Crippen LogP) is 3.60. The van der Waals surface area contributed by atoms with Crippen LogP contribution < -0.4 is 11.5 Å². The van der Waals surface area contributed by atoms with Crippen LogP contribution in [-0.2, 0) is 0 Å². The number of hydrogen-bond donors (Lipinski definition) is 2. The number of hydrogen-bond acceptors (Lipinski definition) is 4. The summed E-state index contributed by atoms with van der Waals surface area (Å²) in [6.45, 7) is 1.87. The van der Waals surface area contributed by atoms with E-state index in [9.17, 15) is 9.18 Å². The fourth-order valence-corrected chi connectivity index (χ4v) is 3.38. The zero-order chi connectivity index (χ0) is 16.6. The van der Waals surface area contributed by atoms with E-state index in [-0.39, 0.29) is 5.82 Å². The maximum absolute atomic E-state index is 13.0. The second kappa shape index (κ2) is 5.81. The molecule has 4 nitrogen and oxygen atoms in total. The molecule has 0 aliphatic rings. The number of rotatable bonds is 3. The summed E-state index contributed by atoms with van der Waals surface area (Å²) in [4.78, 5) is 16.9. The number of pyridine rings is 1. The van der Waals surface area contributed by atoms with Crippen LogP contribution in [0.1, 0.15) is 26.5 Å². The number of thiophene rings is 1. The summed E-state index contributed by atoms with van der Waals surface area (Å²) in [6.07, 6.45) is 3.73. The number of benzene rings is 1. The zero-order valence-electron chi connectivity index (χ0n) is 12.3. The lowest BCUT2D eigenvalue weighted by Crippen LogP contribution is -2.10. The maximum atomic E-state index is 13.0. The van der Waals surface area contributed by atoms with Crippen molar-refractivity contribution in [3.05, 3.63) is 57.8 Å². The van der Waals surface area contributed by atoms with Crippen molar-refractivity contribution < 1.29 is 9.18 Å². The molecule has 1 aromatic carbocycles. The first-order valence-corrected chi connectivity index (χ1v) is 7.70. The van der Waals surface area contributed by atoms with Gasteiger partial charge in [0.2, 0.25) is 0 Å². The van der Waals surface area contributed by atoms with E-state index in [1.165, 1.54) is 23.5 Å². The average molecular weight is 327 g/mol. The number of primary amides is 1. The SMILES string of the molecule is Cc1cc(C=Cc2ccc(F)cc2)c2c(N)c(C(N)=O)sc2n1. The van der Waals surface area contributed by atoms with Crippen molar-refractivity contribution >= 4 is 45.3 Å². The first kappa shape index (κ1) is 15.2. The number of amides is 1. The number of halogens is 1. The van der Waals surface area contributed by atoms with Crippen molar-refractivity contribution in [1.82, 2.24) is 4.98 Å². The Labute approximate surface area is 136 Å². The number of nitrogens with two attached hydrogens (primary N) is 2. The quantitative estimate of drug-likeness (QED) is 0.771. The minimum Gasteiger partial charge on any atom is -0.397 e. The predicted molar refractivity (Wildman–Crippen MR) is 92.6 cm³/mol. The Hall–Kier alpha value is -2.73. The van der Waals surface area contributed by atoms with Gasteiger partial charge in [-0.1, -0.05) is 24.3 Å². The van der Waals surface area contributed by atoms with E-state index in [4.69, 9.17) is 11.5 Å². The summed E-state index contributed by atoms with van der Waals surface area (Å²) >= 11 is 1.19. The number of aryl methyl sites for hydroxylation is 1. The fourth-order valence-electron chi connectivity index (χ4n) is 2.35. The first-order valence-electron chi connectivity index (χ1n) is 6.89. The van der Waals surface area contributed by atoms with Crippen LogP contribution in [0.15, 0.2) is 30.3 Å². The number of carbonyl (C=O) groups is 1. The lowest BCUT2D eigenvalue weighted by molar-refractivity contribution is 0.100. The van der Waals surface area contributed by atoms with Gasteiger partial charge in [-0.05, 0) is 36.2 Å². The number of anilines is 1. The number of nitrogens with zero attached hydrogens (tertiary/aromatic N) is 1. The average Bonchev–Trinajstić information content (AvgIpc) is 2.83. The highest BCUT2D eigenvalue weighted by Gasteiger charge is 2.17. The number of nitrogen functional groups attached to an aromatic ring is 1. The number of aromatic nitrogens is 1. The molecular weight excluding hydrogens is 313 g/mol. The molecule has 2 aromatic heterocycles. The standard InChI is InChI=1S/C17H14FN3OS/c1-9-8-11(5-2-10-3-6-12(18)7-4-10)13-14(19)15(16(20)22)23-17(13)21-9/h2-8H,19H2,1H3,(H2,20,22). The van der Waals surface area contributed by atoms with E-state index >= 15 is 0 Å². The van der Waals surface area contributed by atoms with Gasteiger partial charge in [-0.2, -0.15) is 0 Å². The van der Waals surface area contributed by atoms with Crippen LogP contribution in [0.4, 0.5) is 10.1 Å². The Morgan fingerprint density at radius 3 is 2.61 bits per heavy atom. The molecule has 116 valence electrons. The van der Waals surface area contributed by atoms with Gasteiger partial charge >= 0.3 is 0 Å². The monoisotopic (exact) mass is 327 g/mol. The van der Waals surface area contributed by atoms with Crippen molar-refractivity contribution in [3.8, 4) is 0 Å². The van der Waals surface area contributed by atoms with Crippen LogP contribution in [0.25, 0.3) is 22.4 Å². The highest BCUT2D eigenvalue weighted by Crippen LogP contribution is 2.35. The smallest absolute Gasteiger partial charge is 0.260 e. The van der Waals surface area contributed by atoms with Crippen LogP contribution in [0.5, 0.6) is 0 Å². The van der Waals surface area contributed by atoms with E-state index in [0.29, 0.717) is 20.8 Å². The van der Waals surface area contributed by atoms with Crippen LogP contribution in [0.3, 0.4) is 0 Å². The Bertz CT molecular complexity index is 929. The third-order valence-electron chi connectivity index (χ3n) is 3.41. The van der Waals surface area contributed by atoms with Gasteiger partial charge in [0.15, 0.2) is 0 Å². The van der Waals surface area contributed by atoms with Crippen LogP contribution in [-0.4, -0.2) is 10.9 Å². The first-order chi connectivity index (χ1) is 11.0. The summed E-state index contributed by atoms with van der Waals surface area (Å²) in [6, 6.07) is 8.05. The maximum Gasteiger partial charge on any atom is 0.260 e. The van der Waals surface area contributed by atoms with Crippen LogP contribution in [0.2, 0.25) is 0 Å². The lowest BCUT2D eigenvalue weighted by Gasteiger charge is -2.01. The molecule has 0 fully saturated rings. The molecule has 0 atom stereocenters. The molecule has 0 aliphatic heterocycles. The van der Waals surface area contributed by atoms with Gasteiger partial charge in [-0.25, -0.2) is 9.37 Å². The summed E-state index contributed by atoms with van der Waals surface area (Å²) in [5.41, 5.74) is 14.3. The Kier molecular flexibility index (Phi) is 3.83. The van der Waals surface area contributed by atoms with Gasteiger partial charge in [0.25, 0.3) is 5.91 Å². The molecule has 0 bridgehead atoms. The lowest BCUT2D eigenvalue weighted by atomic mass is 10.1. The zero-order valence-corrected chi connectivity index (χ0v) is 13.2. The highest BCUT2D eigenvalue weighted by molar-refractivity contribution is 7.21. The summed E-state index contributed by atoms with van der Waals surface area (Å²) < 4.78 is 13.0. The molecule has 6 heteroatoms. The molecule has 0 unspecified atom stereocenters. The normalized spacial score (nSPS) is 11.4. The molecule has 0 aliphatic carbocycles. The van der Waals surface area contributed by atoms with Crippen molar-refractivity contribution in [2.45, 2.75) is 6.92 Å². The van der Waals surface area contributed by atoms with Crippen LogP contribution in [0, 0.1) is 12.7 Å². The summed E-state index contributed by atoms with van der Waals surface area (Å²) in [5, 5.41) is 0.716. The van der Waals surface area contributed by atoms with Gasteiger partial charge in [0.1, 0.15) is 15.5 Å². The van der Waals surface area contributed by atoms with Gasteiger partial charge in [-0.3, -0.25) is 4.79 Å². The highest BCUT2D eigenvalue weighted by atomic mass is 32.1. The largest absolute Gasteiger partial charge is 0.397 e. The molecule has 0 spiro atoms. The van der Waals surface area contributed by atoms with Crippen molar-refractivity contribution in [3.63, 3.8) is 0 Å². The summed E-state index contributed by atoms with van der Waals surface area (Å²) in [7, 11) is 0. The van der Waals surface area contributed by atoms with E-state index in [1.54, 1.807) is 12.1 Å². The van der Waals surface area contributed by atoms with Gasteiger partial charge in [0, 0.05) is 11.1 Å². The molecule has 23 heavy (non-hydrogen) atoms. The van der Waals surface area contributed by atoms with Crippen molar-refractivity contribution in [2.75, 3.05) is 5.73 Å². The van der Waals surface area contributed by atoms with Crippen LogP contribution >= 0.6 is 11.3 Å².